The third kappa shape index (κ3) is 3.17. The molecule has 1 aliphatic rings. The van der Waals surface area contributed by atoms with Gasteiger partial charge in [0.2, 0.25) is 5.92 Å². The Labute approximate surface area is 113 Å². The first-order valence-corrected chi connectivity index (χ1v) is 6.71. The zero-order chi connectivity index (χ0) is 14.0. The van der Waals surface area contributed by atoms with Crippen molar-refractivity contribution in [3.05, 3.63) is 23.8 Å². The Bertz CT molecular complexity index is 440. The van der Waals surface area contributed by atoms with Crippen LogP contribution in [0.25, 0.3) is 0 Å². The fourth-order valence-corrected chi connectivity index (χ4v) is 2.66. The molecule has 0 aromatic heterocycles. The fourth-order valence-electron chi connectivity index (χ4n) is 2.66. The van der Waals surface area contributed by atoms with Crippen molar-refractivity contribution < 1.29 is 13.5 Å². The molecule has 2 rings (SSSR count). The number of nitrogens with zero attached hydrogens (tertiary/aromatic N) is 1. The number of hydrogen-bond acceptors (Lipinski definition) is 2. The predicted molar refractivity (Wildman–Crippen MR) is 73.3 cm³/mol. The van der Waals surface area contributed by atoms with E-state index >= 15 is 0 Å². The largest absolute Gasteiger partial charge is 0.495 e. The monoisotopic (exact) mass is 269 g/mol. The molecule has 0 heterocycles. The second-order valence-electron chi connectivity index (χ2n) is 5.37. The Balaban J connectivity index is 2.04. The van der Waals surface area contributed by atoms with E-state index < -0.39 is 5.92 Å². The number of alkyl halides is 2. The molecule has 1 aromatic carbocycles. The summed E-state index contributed by atoms with van der Waals surface area (Å²) in [5, 5.41) is 0. The minimum Gasteiger partial charge on any atom is -0.495 e. The van der Waals surface area contributed by atoms with E-state index in [2.05, 4.69) is 13.0 Å². The summed E-state index contributed by atoms with van der Waals surface area (Å²) < 4.78 is 31.1. The van der Waals surface area contributed by atoms with E-state index in [-0.39, 0.29) is 18.8 Å². The second kappa shape index (κ2) is 5.35. The molecule has 0 bridgehead atoms. The number of aryl methyl sites for hydroxylation is 1. The van der Waals surface area contributed by atoms with Gasteiger partial charge in [-0.25, -0.2) is 8.78 Å². The van der Waals surface area contributed by atoms with Crippen LogP contribution in [-0.4, -0.2) is 26.6 Å². The summed E-state index contributed by atoms with van der Waals surface area (Å²) in [7, 11) is 3.57. The maximum atomic E-state index is 12.8. The van der Waals surface area contributed by atoms with Crippen LogP contribution >= 0.6 is 0 Å². The number of benzene rings is 1. The van der Waals surface area contributed by atoms with Crippen molar-refractivity contribution in [1.82, 2.24) is 0 Å². The molecule has 0 atom stereocenters. The lowest BCUT2D eigenvalue weighted by Crippen LogP contribution is -2.41. The molecule has 0 radical (unpaired) electrons. The van der Waals surface area contributed by atoms with Crippen LogP contribution < -0.4 is 9.64 Å². The molecule has 106 valence electrons. The maximum absolute atomic E-state index is 12.8. The van der Waals surface area contributed by atoms with Crippen molar-refractivity contribution in [3.8, 4) is 5.75 Å². The molecule has 0 amide bonds. The van der Waals surface area contributed by atoms with E-state index in [9.17, 15) is 8.78 Å². The number of ether oxygens (including phenoxy) is 1. The van der Waals surface area contributed by atoms with Gasteiger partial charge in [-0.05, 0) is 30.0 Å². The number of rotatable bonds is 5. The van der Waals surface area contributed by atoms with Crippen LogP contribution in [0.2, 0.25) is 0 Å². The van der Waals surface area contributed by atoms with Crippen LogP contribution in [0.1, 0.15) is 25.3 Å². The second-order valence-corrected chi connectivity index (χ2v) is 5.37. The van der Waals surface area contributed by atoms with Gasteiger partial charge in [-0.2, -0.15) is 0 Å². The van der Waals surface area contributed by atoms with Gasteiger partial charge >= 0.3 is 0 Å². The topological polar surface area (TPSA) is 12.5 Å². The summed E-state index contributed by atoms with van der Waals surface area (Å²) in [6.45, 7) is 2.74. The molecule has 1 aromatic rings. The zero-order valence-corrected chi connectivity index (χ0v) is 11.7. The lowest BCUT2D eigenvalue weighted by Gasteiger charge is -2.38. The van der Waals surface area contributed by atoms with Crippen molar-refractivity contribution in [2.45, 2.75) is 32.1 Å². The first-order chi connectivity index (χ1) is 8.95. The third-order valence-corrected chi connectivity index (χ3v) is 3.77. The van der Waals surface area contributed by atoms with E-state index in [4.69, 9.17) is 4.74 Å². The first-order valence-electron chi connectivity index (χ1n) is 6.71. The Hall–Kier alpha value is -1.32. The van der Waals surface area contributed by atoms with Crippen LogP contribution in [-0.2, 0) is 6.42 Å². The van der Waals surface area contributed by atoms with Crippen molar-refractivity contribution in [1.29, 1.82) is 0 Å². The molecule has 1 fully saturated rings. The highest BCUT2D eigenvalue weighted by Gasteiger charge is 2.45. The van der Waals surface area contributed by atoms with Crippen molar-refractivity contribution in [3.63, 3.8) is 0 Å². The maximum Gasteiger partial charge on any atom is 0.248 e. The molecule has 19 heavy (non-hydrogen) atoms. The standard InChI is InChI=1S/C15H21F2NO/c1-4-11-5-6-13(14(7-11)19-3)18(2)10-12-8-15(16,17)9-12/h5-7,12H,4,8-10H2,1-3H3. The van der Waals surface area contributed by atoms with Crippen LogP contribution in [0, 0.1) is 5.92 Å². The summed E-state index contributed by atoms with van der Waals surface area (Å²) in [5.74, 6) is -1.55. The van der Waals surface area contributed by atoms with Gasteiger partial charge in [-0.1, -0.05) is 13.0 Å². The summed E-state index contributed by atoms with van der Waals surface area (Å²) in [4.78, 5) is 2.01. The minimum atomic E-state index is -2.44. The summed E-state index contributed by atoms with van der Waals surface area (Å²) in [6.07, 6.45) is 0.967. The first kappa shape index (κ1) is 14.1. The SMILES string of the molecule is CCc1ccc(N(C)CC2CC(F)(F)C2)c(OC)c1. The molecule has 0 saturated heterocycles. The summed E-state index contributed by atoms with van der Waals surface area (Å²) in [5.41, 5.74) is 2.18. The zero-order valence-electron chi connectivity index (χ0n) is 11.7. The normalized spacial score (nSPS) is 17.9. The van der Waals surface area contributed by atoms with Crippen LogP contribution in [0.15, 0.2) is 18.2 Å². The lowest BCUT2D eigenvalue weighted by molar-refractivity contribution is -0.107. The van der Waals surface area contributed by atoms with Crippen molar-refractivity contribution in [2.75, 3.05) is 25.6 Å². The number of halogens is 2. The molecule has 1 saturated carbocycles. The molecule has 4 heteroatoms. The highest BCUT2D eigenvalue weighted by Crippen LogP contribution is 2.43. The average Bonchev–Trinajstić information content (AvgIpc) is 2.35. The van der Waals surface area contributed by atoms with E-state index in [1.54, 1.807) is 7.11 Å². The van der Waals surface area contributed by atoms with E-state index in [1.807, 2.05) is 24.1 Å². The van der Waals surface area contributed by atoms with Crippen molar-refractivity contribution >= 4 is 5.69 Å². The Morgan fingerprint density at radius 3 is 2.58 bits per heavy atom. The predicted octanol–water partition coefficient (Wildman–Crippen LogP) is 3.74. The van der Waals surface area contributed by atoms with E-state index in [0.29, 0.717) is 6.54 Å². The van der Waals surface area contributed by atoms with Crippen LogP contribution in [0.3, 0.4) is 0 Å². The van der Waals surface area contributed by atoms with Gasteiger partial charge < -0.3 is 9.64 Å². The van der Waals surface area contributed by atoms with E-state index in [1.165, 1.54) is 5.56 Å². The molecular weight excluding hydrogens is 248 g/mol. The number of anilines is 1. The van der Waals surface area contributed by atoms with Crippen LogP contribution in [0.5, 0.6) is 5.75 Å². The summed E-state index contributed by atoms with van der Waals surface area (Å²) in [6, 6.07) is 6.08. The average molecular weight is 269 g/mol. The van der Waals surface area contributed by atoms with Gasteiger partial charge in [0.1, 0.15) is 5.75 Å². The number of methoxy groups -OCH3 is 1. The van der Waals surface area contributed by atoms with Gasteiger partial charge in [-0.15, -0.1) is 0 Å². The van der Waals surface area contributed by atoms with Gasteiger partial charge in [0.05, 0.1) is 12.8 Å². The molecule has 2 nitrogen and oxygen atoms in total. The Kier molecular flexibility index (Phi) is 3.97. The highest BCUT2D eigenvalue weighted by atomic mass is 19.3. The minimum absolute atomic E-state index is 0.00665. The molecule has 0 spiro atoms. The lowest BCUT2D eigenvalue weighted by atomic mass is 9.81. The summed E-state index contributed by atoms with van der Waals surface area (Å²) >= 11 is 0. The molecule has 0 unspecified atom stereocenters. The Morgan fingerprint density at radius 2 is 2.05 bits per heavy atom. The van der Waals surface area contributed by atoms with Gasteiger partial charge in [0, 0.05) is 26.4 Å². The number of hydrogen-bond donors (Lipinski definition) is 0. The van der Waals surface area contributed by atoms with Gasteiger partial charge in [0.15, 0.2) is 0 Å². The van der Waals surface area contributed by atoms with Gasteiger partial charge in [0.25, 0.3) is 0 Å². The fraction of sp³-hybridized carbons (Fsp3) is 0.600. The van der Waals surface area contributed by atoms with Crippen molar-refractivity contribution in [2.24, 2.45) is 5.92 Å². The highest BCUT2D eigenvalue weighted by molar-refractivity contribution is 5.59. The van der Waals surface area contributed by atoms with Gasteiger partial charge in [-0.3, -0.25) is 0 Å². The van der Waals surface area contributed by atoms with Crippen LogP contribution in [0.4, 0.5) is 14.5 Å². The smallest absolute Gasteiger partial charge is 0.248 e. The molecule has 0 aliphatic heterocycles. The molecule has 0 N–H and O–H groups in total. The third-order valence-electron chi connectivity index (χ3n) is 3.77. The quantitative estimate of drug-likeness (QED) is 0.807. The Morgan fingerprint density at radius 1 is 1.37 bits per heavy atom. The van der Waals surface area contributed by atoms with E-state index in [0.717, 1.165) is 17.9 Å². The molecular formula is C15H21F2NO. The molecule has 1 aliphatic carbocycles.